The quantitative estimate of drug-likeness (QED) is 0.485. The molecule has 1 saturated heterocycles. The number of aromatic nitrogens is 3. The van der Waals surface area contributed by atoms with Crippen LogP contribution in [0.25, 0.3) is 5.69 Å². The highest BCUT2D eigenvalue weighted by Crippen LogP contribution is 2.28. The van der Waals surface area contributed by atoms with Gasteiger partial charge in [0.2, 0.25) is 11.9 Å². The number of aryl methyl sites for hydroxylation is 1. The molecule has 7 nitrogen and oxygen atoms in total. The fraction of sp³-hybridized carbons (Fsp3) is 0.400. The van der Waals surface area contributed by atoms with Crippen molar-refractivity contribution >= 4 is 23.6 Å². The van der Waals surface area contributed by atoms with Crippen LogP contribution in [0.5, 0.6) is 0 Å². The zero-order chi connectivity index (χ0) is 24.1. The summed E-state index contributed by atoms with van der Waals surface area (Å²) >= 11 is 1.35. The molecular weight excluding hydrogens is 453 g/mol. The van der Waals surface area contributed by atoms with Gasteiger partial charge in [0.25, 0.3) is 0 Å². The van der Waals surface area contributed by atoms with Crippen LogP contribution in [-0.4, -0.2) is 52.7 Å². The van der Waals surface area contributed by atoms with Gasteiger partial charge in [0.05, 0.1) is 30.7 Å². The third-order valence-electron chi connectivity index (χ3n) is 5.71. The van der Waals surface area contributed by atoms with Crippen molar-refractivity contribution in [2.24, 2.45) is 5.92 Å². The fourth-order valence-electron chi connectivity index (χ4n) is 3.97. The van der Waals surface area contributed by atoms with Crippen molar-refractivity contribution in [2.45, 2.75) is 32.0 Å². The van der Waals surface area contributed by atoms with E-state index in [1.54, 1.807) is 12.1 Å². The molecular formula is C25H30FN5O2S. The second-order valence-corrected chi connectivity index (χ2v) is 9.63. The molecule has 34 heavy (non-hydrogen) atoms. The number of carbonyl (C=O) groups excluding carboxylic acids is 1. The van der Waals surface area contributed by atoms with Crippen LogP contribution in [0.2, 0.25) is 0 Å². The molecule has 1 amide bonds. The Morgan fingerprint density at radius 3 is 2.56 bits per heavy atom. The van der Waals surface area contributed by atoms with Crippen LogP contribution in [0.15, 0.2) is 53.7 Å². The first-order valence-corrected chi connectivity index (χ1v) is 12.4. The zero-order valence-electron chi connectivity index (χ0n) is 19.7. The Labute approximate surface area is 203 Å². The summed E-state index contributed by atoms with van der Waals surface area (Å²) in [5, 5.41) is 12.6. The molecule has 1 fully saturated rings. The van der Waals surface area contributed by atoms with E-state index >= 15 is 0 Å². The van der Waals surface area contributed by atoms with Gasteiger partial charge in [-0.3, -0.25) is 9.36 Å². The Balaban J connectivity index is 1.52. The molecule has 2 aromatic carbocycles. The van der Waals surface area contributed by atoms with Gasteiger partial charge in [0.15, 0.2) is 5.16 Å². The number of halogens is 1. The summed E-state index contributed by atoms with van der Waals surface area (Å²) in [5.41, 5.74) is 2.97. The highest BCUT2D eigenvalue weighted by atomic mass is 32.2. The molecule has 1 atom stereocenters. The number of hydrogen-bond acceptors (Lipinski definition) is 6. The average molecular weight is 484 g/mol. The third kappa shape index (κ3) is 5.77. The van der Waals surface area contributed by atoms with Crippen molar-refractivity contribution in [2.75, 3.05) is 37.0 Å². The van der Waals surface area contributed by atoms with Crippen LogP contribution < -0.4 is 10.2 Å². The number of carbonyl (C=O) groups is 1. The smallest absolute Gasteiger partial charge is 0.232 e. The van der Waals surface area contributed by atoms with Gasteiger partial charge >= 0.3 is 0 Å². The van der Waals surface area contributed by atoms with Gasteiger partial charge in [-0.15, -0.1) is 10.2 Å². The van der Waals surface area contributed by atoms with Gasteiger partial charge in [-0.2, -0.15) is 0 Å². The Kier molecular flexibility index (Phi) is 7.84. The Morgan fingerprint density at radius 1 is 1.15 bits per heavy atom. The minimum absolute atomic E-state index is 0.111. The molecule has 9 heteroatoms. The second-order valence-electron chi connectivity index (χ2n) is 8.69. The normalized spacial score (nSPS) is 14.9. The molecule has 0 bridgehead atoms. The Bertz CT molecular complexity index is 1110. The molecule has 1 aliphatic heterocycles. The minimum atomic E-state index is -0.292. The first kappa shape index (κ1) is 24.2. The van der Waals surface area contributed by atoms with Crippen molar-refractivity contribution in [3.63, 3.8) is 0 Å². The molecule has 0 aliphatic carbocycles. The summed E-state index contributed by atoms with van der Waals surface area (Å²) < 4.78 is 20.8. The van der Waals surface area contributed by atoms with Crippen LogP contribution in [0.3, 0.4) is 0 Å². The number of morpholine rings is 1. The number of hydrogen-bond donors (Lipinski definition) is 1. The van der Waals surface area contributed by atoms with Crippen LogP contribution in [0, 0.1) is 18.7 Å². The number of amides is 1. The summed E-state index contributed by atoms with van der Waals surface area (Å²) in [5.74, 6) is 0.697. The van der Waals surface area contributed by atoms with E-state index in [-0.39, 0.29) is 29.4 Å². The SMILES string of the molecule is Cc1cccc(-n2c(SCC(=O)NC(c3ccc(F)cc3)C(C)C)nnc2N2CCOCC2)c1. The lowest BCUT2D eigenvalue weighted by molar-refractivity contribution is -0.119. The van der Waals surface area contributed by atoms with E-state index in [0.717, 1.165) is 35.9 Å². The molecule has 2 heterocycles. The van der Waals surface area contributed by atoms with Gasteiger partial charge in [-0.1, -0.05) is 49.9 Å². The number of nitrogens with one attached hydrogen (secondary N) is 1. The van der Waals surface area contributed by atoms with Gasteiger partial charge in [0.1, 0.15) is 5.82 Å². The lowest BCUT2D eigenvalue weighted by atomic mass is 9.96. The van der Waals surface area contributed by atoms with Crippen LogP contribution in [0.4, 0.5) is 10.3 Å². The highest BCUT2D eigenvalue weighted by molar-refractivity contribution is 7.99. The van der Waals surface area contributed by atoms with Crippen molar-refractivity contribution in [1.29, 1.82) is 0 Å². The van der Waals surface area contributed by atoms with Gasteiger partial charge in [-0.05, 0) is 48.2 Å². The predicted molar refractivity (Wildman–Crippen MR) is 132 cm³/mol. The van der Waals surface area contributed by atoms with Gasteiger partial charge in [-0.25, -0.2) is 4.39 Å². The molecule has 3 aromatic rings. The average Bonchev–Trinajstić information content (AvgIpc) is 3.26. The summed E-state index contributed by atoms with van der Waals surface area (Å²) in [6.45, 7) is 8.88. The molecule has 1 aromatic heterocycles. The number of anilines is 1. The highest BCUT2D eigenvalue weighted by Gasteiger charge is 2.23. The lowest BCUT2D eigenvalue weighted by Gasteiger charge is -2.28. The maximum atomic E-state index is 13.3. The molecule has 1 unspecified atom stereocenters. The molecule has 1 aliphatic rings. The summed E-state index contributed by atoms with van der Waals surface area (Å²) in [6, 6.07) is 14.2. The molecule has 0 radical (unpaired) electrons. The van der Waals surface area contributed by atoms with E-state index < -0.39 is 0 Å². The van der Waals surface area contributed by atoms with Crippen LogP contribution in [-0.2, 0) is 9.53 Å². The maximum absolute atomic E-state index is 13.3. The minimum Gasteiger partial charge on any atom is -0.378 e. The lowest BCUT2D eigenvalue weighted by Crippen LogP contribution is -2.38. The standard InChI is InChI=1S/C25H30FN5O2S/c1-17(2)23(19-7-9-20(26)10-8-19)27-22(32)16-34-25-29-28-24(30-11-13-33-14-12-30)31(25)21-6-4-5-18(3)15-21/h4-10,15,17,23H,11-14,16H2,1-3H3,(H,27,32). The fourth-order valence-corrected chi connectivity index (χ4v) is 4.73. The van der Waals surface area contributed by atoms with E-state index in [4.69, 9.17) is 4.74 Å². The van der Waals surface area contributed by atoms with E-state index in [0.29, 0.717) is 18.4 Å². The number of ether oxygens (including phenoxy) is 1. The molecule has 4 rings (SSSR count). The summed E-state index contributed by atoms with van der Waals surface area (Å²) in [7, 11) is 0. The Morgan fingerprint density at radius 2 is 1.88 bits per heavy atom. The van der Waals surface area contributed by atoms with Gasteiger partial charge < -0.3 is 15.0 Å². The summed E-state index contributed by atoms with van der Waals surface area (Å²) in [4.78, 5) is 15.1. The van der Waals surface area contributed by atoms with Crippen LogP contribution >= 0.6 is 11.8 Å². The van der Waals surface area contributed by atoms with Crippen molar-refractivity contribution in [3.05, 3.63) is 65.5 Å². The predicted octanol–water partition coefficient (Wildman–Crippen LogP) is 4.16. The number of nitrogens with zero attached hydrogens (tertiary/aromatic N) is 4. The topological polar surface area (TPSA) is 72.3 Å². The van der Waals surface area contributed by atoms with Crippen molar-refractivity contribution in [1.82, 2.24) is 20.1 Å². The van der Waals surface area contributed by atoms with Gasteiger partial charge in [0, 0.05) is 13.1 Å². The number of rotatable bonds is 8. The monoisotopic (exact) mass is 483 g/mol. The number of thioether (sulfide) groups is 1. The third-order valence-corrected chi connectivity index (χ3v) is 6.64. The van der Waals surface area contributed by atoms with Crippen molar-refractivity contribution in [3.8, 4) is 5.69 Å². The van der Waals surface area contributed by atoms with E-state index in [1.165, 1.54) is 23.9 Å². The first-order chi connectivity index (χ1) is 16.4. The first-order valence-electron chi connectivity index (χ1n) is 11.4. The molecule has 0 spiro atoms. The molecule has 0 saturated carbocycles. The largest absolute Gasteiger partial charge is 0.378 e. The van der Waals surface area contributed by atoms with E-state index in [1.807, 2.05) is 43.5 Å². The molecule has 180 valence electrons. The zero-order valence-corrected chi connectivity index (χ0v) is 20.5. The maximum Gasteiger partial charge on any atom is 0.232 e. The Hall–Kier alpha value is -2.91. The van der Waals surface area contributed by atoms with Crippen molar-refractivity contribution < 1.29 is 13.9 Å². The molecule has 1 N–H and O–H groups in total. The number of benzene rings is 2. The van der Waals surface area contributed by atoms with E-state index in [2.05, 4.69) is 26.5 Å². The van der Waals surface area contributed by atoms with Crippen LogP contribution in [0.1, 0.15) is 31.0 Å². The summed E-state index contributed by atoms with van der Waals surface area (Å²) in [6.07, 6.45) is 0. The second kappa shape index (κ2) is 11.0. The van der Waals surface area contributed by atoms with E-state index in [9.17, 15) is 9.18 Å².